The highest BCUT2D eigenvalue weighted by Gasteiger charge is 2.15. The standard InChI is InChI=1S/C30H26N2O3/c1-18-8-11-21(12-9-18)25-17-35-29-16-28(34-4)23(15-24(25)29)19(2)14-30(33)32-27-7-5-6-26-22(27)13-10-20(3)31-26/h5-17H,1-4H3,(H,32,33)/b19-14+. The van der Waals surface area contributed by atoms with E-state index in [2.05, 4.69) is 41.5 Å². The molecular formula is C30H26N2O3. The van der Waals surface area contributed by atoms with Gasteiger partial charge in [-0.25, -0.2) is 0 Å². The molecule has 3 aromatic carbocycles. The molecule has 0 fully saturated rings. The monoisotopic (exact) mass is 462 g/mol. The predicted molar refractivity (Wildman–Crippen MR) is 142 cm³/mol. The summed E-state index contributed by atoms with van der Waals surface area (Å²) in [4.78, 5) is 17.5. The third-order valence-electron chi connectivity index (χ3n) is 6.16. The van der Waals surface area contributed by atoms with Gasteiger partial charge in [0.1, 0.15) is 11.3 Å². The zero-order chi connectivity index (χ0) is 24.5. The van der Waals surface area contributed by atoms with Gasteiger partial charge < -0.3 is 14.5 Å². The fourth-order valence-electron chi connectivity index (χ4n) is 4.30. The number of nitrogens with one attached hydrogen (secondary N) is 1. The summed E-state index contributed by atoms with van der Waals surface area (Å²) in [6.45, 7) is 5.92. The summed E-state index contributed by atoms with van der Waals surface area (Å²) in [5.41, 5.74) is 8.13. The van der Waals surface area contributed by atoms with Gasteiger partial charge in [-0.2, -0.15) is 0 Å². The summed E-state index contributed by atoms with van der Waals surface area (Å²) in [7, 11) is 1.62. The molecule has 0 radical (unpaired) electrons. The van der Waals surface area contributed by atoms with Crippen LogP contribution in [0.2, 0.25) is 0 Å². The molecule has 1 N–H and O–H groups in total. The number of carbonyl (C=O) groups excluding carboxylic acids is 1. The molecule has 0 unspecified atom stereocenters. The number of nitrogens with zero attached hydrogens (tertiary/aromatic N) is 1. The number of carbonyl (C=O) groups is 1. The van der Waals surface area contributed by atoms with E-state index in [0.717, 1.165) is 55.5 Å². The Balaban J connectivity index is 1.50. The molecule has 2 heterocycles. The first-order valence-corrected chi connectivity index (χ1v) is 11.5. The lowest BCUT2D eigenvalue weighted by Crippen LogP contribution is -2.09. The van der Waals surface area contributed by atoms with Gasteiger partial charge in [0.15, 0.2) is 0 Å². The zero-order valence-electron chi connectivity index (χ0n) is 20.2. The largest absolute Gasteiger partial charge is 0.496 e. The van der Waals surface area contributed by atoms with E-state index in [1.165, 1.54) is 5.56 Å². The number of anilines is 1. The van der Waals surface area contributed by atoms with Gasteiger partial charge in [0.05, 0.1) is 24.6 Å². The molecule has 5 nitrogen and oxygen atoms in total. The molecule has 0 saturated carbocycles. The molecule has 2 aromatic heterocycles. The number of amides is 1. The van der Waals surface area contributed by atoms with Crippen molar-refractivity contribution in [1.29, 1.82) is 0 Å². The first-order valence-electron chi connectivity index (χ1n) is 11.5. The summed E-state index contributed by atoms with van der Waals surface area (Å²) in [5.74, 6) is 0.428. The molecule has 35 heavy (non-hydrogen) atoms. The van der Waals surface area contributed by atoms with Crippen LogP contribution >= 0.6 is 0 Å². The summed E-state index contributed by atoms with van der Waals surface area (Å²) in [6.07, 6.45) is 3.36. The third-order valence-corrected chi connectivity index (χ3v) is 6.16. The van der Waals surface area contributed by atoms with E-state index in [0.29, 0.717) is 5.75 Å². The van der Waals surface area contributed by atoms with Crippen molar-refractivity contribution in [1.82, 2.24) is 4.98 Å². The van der Waals surface area contributed by atoms with Crippen LogP contribution in [0.4, 0.5) is 5.69 Å². The Morgan fingerprint density at radius 1 is 1.00 bits per heavy atom. The van der Waals surface area contributed by atoms with Crippen molar-refractivity contribution in [2.24, 2.45) is 0 Å². The van der Waals surface area contributed by atoms with E-state index in [1.807, 2.05) is 56.3 Å². The maximum Gasteiger partial charge on any atom is 0.248 e. The van der Waals surface area contributed by atoms with Crippen LogP contribution in [0.15, 0.2) is 83.5 Å². The van der Waals surface area contributed by atoms with Gasteiger partial charge in [-0.1, -0.05) is 35.9 Å². The zero-order valence-corrected chi connectivity index (χ0v) is 20.2. The van der Waals surface area contributed by atoms with E-state index < -0.39 is 0 Å². The maximum absolute atomic E-state index is 13.0. The minimum absolute atomic E-state index is 0.219. The first kappa shape index (κ1) is 22.4. The van der Waals surface area contributed by atoms with Gasteiger partial charge in [0.2, 0.25) is 5.91 Å². The highest BCUT2D eigenvalue weighted by Crippen LogP contribution is 2.37. The molecule has 174 valence electrons. The lowest BCUT2D eigenvalue weighted by Gasteiger charge is -2.11. The second-order valence-electron chi connectivity index (χ2n) is 8.71. The highest BCUT2D eigenvalue weighted by molar-refractivity contribution is 6.09. The Morgan fingerprint density at radius 2 is 1.80 bits per heavy atom. The number of ether oxygens (including phenoxy) is 1. The Bertz CT molecular complexity index is 1590. The molecule has 1 amide bonds. The number of furan rings is 1. The fourth-order valence-corrected chi connectivity index (χ4v) is 4.30. The van der Waals surface area contributed by atoms with E-state index in [9.17, 15) is 4.79 Å². The van der Waals surface area contributed by atoms with Crippen LogP contribution in [-0.4, -0.2) is 18.0 Å². The van der Waals surface area contributed by atoms with Crippen LogP contribution in [-0.2, 0) is 4.79 Å². The summed E-state index contributed by atoms with van der Waals surface area (Å²) in [5, 5.41) is 4.87. The summed E-state index contributed by atoms with van der Waals surface area (Å²) < 4.78 is 11.5. The normalized spacial score (nSPS) is 11.7. The lowest BCUT2D eigenvalue weighted by molar-refractivity contribution is -0.111. The Morgan fingerprint density at radius 3 is 2.57 bits per heavy atom. The van der Waals surface area contributed by atoms with Crippen molar-refractivity contribution in [3.05, 3.63) is 95.9 Å². The number of aromatic nitrogens is 1. The van der Waals surface area contributed by atoms with Crippen molar-refractivity contribution < 1.29 is 13.9 Å². The summed E-state index contributed by atoms with van der Waals surface area (Å²) >= 11 is 0. The number of pyridine rings is 1. The molecule has 0 atom stereocenters. The number of allylic oxidation sites excluding steroid dienone is 1. The second kappa shape index (κ2) is 9.11. The molecule has 0 saturated heterocycles. The number of benzene rings is 3. The van der Waals surface area contributed by atoms with Crippen molar-refractivity contribution >= 4 is 39.0 Å². The number of rotatable bonds is 5. The van der Waals surface area contributed by atoms with Gasteiger partial charge in [0, 0.05) is 39.7 Å². The average molecular weight is 463 g/mol. The van der Waals surface area contributed by atoms with Crippen LogP contribution in [0.25, 0.3) is 38.6 Å². The quantitative estimate of drug-likeness (QED) is 0.278. The number of aryl methyl sites for hydroxylation is 2. The molecule has 0 bridgehead atoms. The van der Waals surface area contributed by atoms with Crippen LogP contribution in [0.3, 0.4) is 0 Å². The predicted octanol–water partition coefficient (Wildman–Crippen LogP) is 7.32. The van der Waals surface area contributed by atoms with Crippen LogP contribution in [0, 0.1) is 13.8 Å². The van der Waals surface area contributed by atoms with Gasteiger partial charge in [-0.3, -0.25) is 9.78 Å². The summed E-state index contributed by atoms with van der Waals surface area (Å²) in [6, 6.07) is 21.9. The number of hydrogen-bond donors (Lipinski definition) is 1. The molecule has 5 heteroatoms. The average Bonchev–Trinajstić information content (AvgIpc) is 3.26. The topological polar surface area (TPSA) is 64.4 Å². The molecule has 0 aliphatic rings. The molecule has 0 spiro atoms. The molecule has 5 aromatic rings. The van der Waals surface area contributed by atoms with Gasteiger partial charge in [-0.15, -0.1) is 0 Å². The van der Waals surface area contributed by atoms with E-state index in [4.69, 9.17) is 9.15 Å². The number of methoxy groups -OCH3 is 1. The highest BCUT2D eigenvalue weighted by atomic mass is 16.5. The Hall–Kier alpha value is -4.38. The smallest absolute Gasteiger partial charge is 0.248 e. The molecule has 0 aliphatic carbocycles. The minimum Gasteiger partial charge on any atom is -0.496 e. The molecule has 5 rings (SSSR count). The van der Waals surface area contributed by atoms with Crippen molar-refractivity contribution in [3.8, 4) is 16.9 Å². The molecular weight excluding hydrogens is 436 g/mol. The minimum atomic E-state index is -0.219. The number of fused-ring (bicyclic) bond motifs is 2. The second-order valence-corrected chi connectivity index (χ2v) is 8.71. The van der Waals surface area contributed by atoms with Crippen molar-refractivity contribution in [2.45, 2.75) is 20.8 Å². The van der Waals surface area contributed by atoms with Gasteiger partial charge in [0.25, 0.3) is 0 Å². The molecule has 0 aliphatic heterocycles. The Kier molecular flexibility index (Phi) is 5.83. The fraction of sp³-hybridized carbons (Fsp3) is 0.133. The van der Waals surface area contributed by atoms with Crippen LogP contribution < -0.4 is 10.1 Å². The number of hydrogen-bond acceptors (Lipinski definition) is 4. The first-order chi connectivity index (χ1) is 16.9. The lowest BCUT2D eigenvalue weighted by atomic mass is 9.99. The Labute approximate surface area is 204 Å². The van der Waals surface area contributed by atoms with Crippen molar-refractivity contribution in [3.63, 3.8) is 0 Å². The third kappa shape index (κ3) is 4.41. The van der Waals surface area contributed by atoms with E-state index in [-0.39, 0.29) is 5.91 Å². The van der Waals surface area contributed by atoms with Gasteiger partial charge in [-0.05, 0) is 62.2 Å². The van der Waals surface area contributed by atoms with Gasteiger partial charge >= 0.3 is 0 Å². The van der Waals surface area contributed by atoms with Crippen LogP contribution in [0.5, 0.6) is 5.75 Å². The van der Waals surface area contributed by atoms with E-state index in [1.54, 1.807) is 19.4 Å². The maximum atomic E-state index is 13.0. The van der Waals surface area contributed by atoms with E-state index >= 15 is 0 Å². The SMILES string of the molecule is COc1cc2occ(-c3ccc(C)cc3)c2cc1/C(C)=C/C(=O)Nc1cccc2nc(C)ccc12. The van der Waals surface area contributed by atoms with Crippen LogP contribution in [0.1, 0.15) is 23.7 Å². The van der Waals surface area contributed by atoms with Crippen molar-refractivity contribution in [2.75, 3.05) is 12.4 Å².